The molecule has 1 aromatic carbocycles. The maximum atomic E-state index is 12.6. The summed E-state index contributed by atoms with van der Waals surface area (Å²) in [6, 6.07) is 7.84. The highest BCUT2D eigenvalue weighted by Crippen LogP contribution is 2.18. The molecule has 25 heavy (non-hydrogen) atoms. The van der Waals surface area contributed by atoms with E-state index >= 15 is 0 Å². The number of carbonyl (C=O) groups excluding carboxylic acids is 1. The Labute approximate surface area is 148 Å². The van der Waals surface area contributed by atoms with Crippen LogP contribution < -0.4 is 5.56 Å². The number of rotatable bonds is 5. The molecule has 1 amide bonds. The number of nitrogens with zero attached hydrogens (tertiary/aromatic N) is 1. The van der Waals surface area contributed by atoms with E-state index in [1.807, 2.05) is 45.0 Å². The van der Waals surface area contributed by atoms with E-state index in [0.717, 1.165) is 35.9 Å². The monoisotopic (exact) mass is 342 g/mol. The van der Waals surface area contributed by atoms with Crippen LogP contribution in [-0.2, 0) is 16.1 Å². The minimum atomic E-state index is -0.134. The van der Waals surface area contributed by atoms with Gasteiger partial charge in [0.25, 0.3) is 5.56 Å². The largest absolute Gasteiger partial charge is 0.376 e. The van der Waals surface area contributed by atoms with Crippen molar-refractivity contribution in [1.82, 2.24) is 9.88 Å². The van der Waals surface area contributed by atoms with Gasteiger partial charge >= 0.3 is 0 Å². The Morgan fingerprint density at radius 3 is 2.84 bits per heavy atom. The van der Waals surface area contributed by atoms with Crippen molar-refractivity contribution in [2.24, 2.45) is 5.92 Å². The number of H-pyrrole nitrogens is 1. The number of aryl methyl sites for hydroxylation is 1. The van der Waals surface area contributed by atoms with Crippen LogP contribution in [-0.4, -0.2) is 35.0 Å². The summed E-state index contributed by atoms with van der Waals surface area (Å²) in [5.74, 6) is -0.0533. The Bertz CT molecular complexity index is 819. The standard InChI is InChI=1S/C20H26N2O3/c1-13(2)20(24)22(12-17-5-4-8-25-17)11-16-10-15-9-14(3)6-7-18(15)21-19(16)23/h6-7,9-10,13,17H,4-5,8,11-12H2,1-3H3,(H,21,23)/t17-/m1/s1. The lowest BCUT2D eigenvalue weighted by Crippen LogP contribution is -2.40. The summed E-state index contributed by atoms with van der Waals surface area (Å²) in [6.07, 6.45) is 2.07. The normalized spacial score (nSPS) is 17.4. The molecule has 1 aromatic heterocycles. The first-order chi connectivity index (χ1) is 11.9. The Hall–Kier alpha value is -2.14. The highest BCUT2D eigenvalue weighted by Gasteiger charge is 2.25. The zero-order valence-corrected chi connectivity index (χ0v) is 15.2. The second-order valence-electron chi connectivity index (χ2n) is 7.22. The predicted octanol–water partition coefficient (Wildman–Crippen LogP) is 3.00. The first-order valence-corrected chi connectivity index (χ1v) is 8.97. The summed E-state index contributed by atoms with van der Waals surface area (Å²) in [6.45, 7) is 7.41. The van der Waals surface area contributed by atoms with Crippen LogP contribution in [0.4, 0.5) is 0 Å². The minimum absolute atomic E-state index is 0.0549. The summed E-state index contributed by atoms with van der Waals surface area (Å²) in [5, 5.41) is 0.990. The molecule has 2 aromatic rings. The van der Waals surface area contributed by atoms with Gasteiger partial charge in [-0.15, -0.1) is 0 Å². The molecule has 0 bridgehead atoms. The van der Waals surface area contributed by atoms with Gasteiger partial charge in [-0.1, -0.05) is 25.5 Å². The van der Waals surface area contributed by atoms with Crippen molar-refractivity contribution in [3.63, 3.8) is 0 Å². The van der Waals surface area contributed by atoms with E-state index in [4.69, 9.17) is 4.74 Å². The molecule has 1 aliphatic rings. The zero-order chi connectivity index (χ0) is 18.0. The molecule has 134 valence electrons. The molecule has 0 unspecified atom stereocenters. The molecule has 1 saturated heterocycles. The van der Waals surface area contributed by atoms with E-state index in [9.17, 15) is 9.59 Å². The first kappa shape index (κ1) is 17.7. The van der Waals surface area contributed by atoms with Crippen molar-refractivity contribution in [2.75, 3.05) is 13.2 Å². The summed E-state index contributed by atoms with van der Waals surface area (Å²) in [7, 11) is 0. The molecule has 0 aliphatic carbocycles. The third kappa shape index (κ3) is 4.10. The molecule has 1 aliphatic heterocycles. The zero-order valence-electron chi connectivity index (χ0n) is 15.2. The fourth-order valence-corrected chi connectivity index (χ4v) is 3.33. The van der Waals surface area contributed by atoms with Crippen LogP contribution in [0.2, 0.25) is 0 Å². The number of nitrogens with one attached hydrogen (secondary N) is 1. The van der Waals surface area contributed by atoms with E-state index in [1.165, 1.54) is 0 Å². The molecular formula is C20H26N2O3. The van der Waals surface area contributed by atoms with Crippen LogP contribution in [0.5, 0.6) is 0 Å². The fraction of sp³-hybridized carbons (Fsp3) is 0.500. The molecule has 5 nitrogen and oxygen atoms in total. The summed E-state index contributed by atoms with van der Waals surface area (Å²) in [5.41, 5.74) is 2.44. The number of ether oxygens (including phenoxy) is 1. The topological polar surface area (TPSA) is 62.4 Å². The molecule has 0 spiro atoms. The Kier molecular flexibility index (Phi) is 5.23. The highest BCUT2D eigenvalue weighted by molar-refractivity contribution is 5.80. The molecule has 5 heteroatoms. The number of benzene rings is 1. The van der Waals surface area contributed by atoms with Crippen molar-refractivity contribution in [3.05, 3.63) is 45.7 Å². The third-order valence-corrected chi connectivity index (χ3v) is 4.69. The van der Waals surface area contributed by atoms with Gasteiger partial charge in [-0.05, 0) is 43.4 Å². The van der Waals surface area contributed by atoms with Crippen LogP contribution >= 0.6 is 0 Å². The lowest BCUT2D eigenvalue weighted by atomic mass is 10.1. The van der Waals surface area contributed by atoms with Crippen LogP contribution in [0.1, 0.15) is 37.8 Å². The van der Waals surface area contributed by atoms with Gasteiger partial charge in [-0.25, -0.2) is 0 Å². The van der Waals surface area contributed by atoms with Crippen molar-refractivity contribution >= 4 is 16.8 Å². The minimum Gasteiger partial charge on any atom is -0.376 e. The molecule has 0 radical (unpaired) electrons. The second kappa shape index (κ2) is 7.40. The number of fused-ring (bicyclic) bond motifs is 1. The summed E-state index contributed by atoms with van der Waals surface area (Å²) >= 11 is 0. The van der Waals surface area contributed by atoms with Crippen LogP contribution in [0.3, 0.4) is 0 Å². The molecular weight excluding hydrogens is 316 g/mol. The lowest BCUT2D eigenvalue weighted by molar-refractivity contribution is -0.136. The van der Waals surface area contributed by atoms with Gasteiger partial charge in [0.05, 0.1) is 12.6 Å². The highest BCUT2D eigenvalue weighted by atomic mass is 16.5. The second-order valence-corrected chi connectivity index (χ2v) is 7.22. The average Bonchev–Trinajstić information content (AvgIpc) is 3.07. The average molecular weight is 342 g/mol. The van der Waals surface area contributed by atoms with E-state index < -0.39 is 0 Å². The van der Waals surface area contributed by atoms with Gasteiger partial charge in [0.1, 0.15) is 0 Å². The fourth-order valence-electron chi connectivity index (χ4n) is 3.33. The number of aromatic amines is 1. The van der Waals surface area contributed by atoms with Gasteiger partial charge in [-0.2, -0.15) is 0 Å². The summed E-state index contributed by atoms with van der Waals surface area (Å²) in [4.78, 5) is 29.8. The molecule has 1 atom stereocenters. The smallest absolute Gasteiger partial charge is 0.253 e. The SMILES string of the molecule is Cc1ccc2[nH]c(=O)c(CN(C[C@H]3CCCO3)C(=O)C(C)C)cc2c1. The number of amides is 1. The molecule has 1 N–H and O–H groups in total. The van der Waals surface area contributed by atoms with Crippen molar-refractivity contribution in [2.45, 2.75) is 46.3 Å². The van der Waals surface area contributed by atoms with Gasteiger partial charge in [0.2, 0.25) is 5.91 Å². The van der Waals surface area contributed by atoms with Crippen LogP contribution in [0.25, 0.3) is 10.9 Å². The number of pyridine rings is 1. The predicted molar refractivity (Wildman–Crippen MR) is 98.5 cm³/mol. The van der Waals surface area contributed by atoms with E-state index in [1.54, 1.807) is 4.90 Å². The Morgan fingerprint density at radius 1 is 1.36 bits per heavy atom. The maximum absolute atomic E-state index is 12.6. The van der Waals surface area contributed by atoms with Gasteiger partial charge in [-0.3, -0.25) is 9.59 Å². The van der Waals surface area contributed by atoms with E-state index in [2.05, 4.69) is 4.98 Å². The van der Waals surface area contributed by atoms with Crippen molar-refractivity contribution < 1.29 is 9.53 Å². The third-order valence-electron chi connectivity index (χ3n) is 4.69. The van der Waals surface area contributed by atoms with Crippen molar-refractivity contribution in [3.8, 4) is 0 Å². The van der Waals surface area contributed by atoms with Gasteiger partial charge in [0, 0.05) is 30.1 Å². The van der Waals surface area contributed by atoms with Crippen molar-refractivity contribution in [1.29, 1.82) is 0 Å². The van der Waals surface area contributed by atoms with Gasteiger partial charge in [0.15, 0.2) is 0 Å². The lowest BCUT2D eigenvalue weighted by Gasteiger charge is -2.27. The number of hydrogen-bond donors (Lipinski definition) is 1. The van der Waals surface area contributed by atoms with E-state index in [-0.39, 0.29) is 23.5 Å². The molecule has 3 rings (SSSR count). The molecule has 0 saturated carbocycles. The summed E-state index contributed by atoms with van der Waals surface area (Å²) < 4.78 is 5.69. The van der Waals surface area contributed by atoms with Crippen LogP contribution in [0, 0.1) is 12.8 Å². The quantitative estimate of drug-likeness (QED) is 0.908. The van der Waals surface area contributed by atoms with Gasteiger partial charge < -0.3 is 14.6 Å². The first-order valence-electron chi connectivity index (χ1n) is 8.97. The molecule has 2 heterocycles. The Morgan fingerprint density at radius 2 is 2.16 bits per heavy atom. The van der Waals surface area contributed by atoms with Crippen LogP contribution in [0.15, 0.2) is 29.1 Å². The number of carbonyl (C=O) groups is 1. The Balaban J connectivity index is 1.89. The number of hydrogen-bond acceptors (Lipinski definition) is 3. The molecule has 1 fully saturated rings. The maximum Gasteiger partial charge on any atom is 0.253 e. The van der Waals surface area contributed by atoms with E-state index in [0.29, 0.717) is 18.7 Å². The number of aromatic nitrogens is 1.